The van der Waals surface area contributed by atoms with Crippen molar-refractivity contribution in [1.29, 1.82) is 0 Å². The third kappa shape index (κ3) is 5.14. The van der Waals surface area contributed by atoms with E-state index in [1.807, 2.05) is 0 Å². The molecule has 1 unspecified atom stereocenters. The molecule has 0 spiro atoms. The average molecular weight is 214 g/mol. The smallest absolute Gasteiger partial charge is 0.237 e. The highest BCUT2D eigenvalue weighted by Gasteiger charge is 2.19. The second-order valence-corrected chi connectivity index (χ2v) is 4.28. The number of aliphatic hydroxyl groups is 1. The molecule has 0 aliphatic carbocycles. The molecule has 1 rings (SSSR count). The van der Waals surface area contributed by atoms with Crippen molar-refractivity contribution in [1.82, 2.24) is 10.6 Å². The molecular formula is C11H22N2O2. The number of carbonyl (C=O) groups is 1. The summed E-state index contributed by atoms with van der Waals surface area (Å²) in [5.74, 6) is 0.111. The zero-order valence-corrected chi connectivity index (χ0v) is 9.46. The number of aliphatic hydroxyl groups excluding tert-OH is 1. The highest BCUT2D eigenvalue weighted by molar-refractivity contribution is 5.81. The van der Waals surface area contributed by atoms with E-state index in [-0.39, 0.29) is 18.1 Å². The first-order valence-electron chi connectivity index (χ1n) is 5.89. The summed E-state index contributed by atoms with van der Waals surface area (Å²) in [7, 11) is 0. The van der Waals surface area contributed by atoms with E-state index in [1.165, 1.54) is 6.42 Å². The lowest BCUT2D eigenvalue weighted by atomic mass is 10.0. The van der Waals surface area contributed by atoms with Crippen LogP contribution in [0, 0.1) is 0 Å². The summed E-state index contributed by atoms with van der Waals surface area (Å²) in [6.45, 7) is 3.39. The van der Waals surface area contributed by atoms with Crippen molar-refractivity contribution in [2.45, 2.75) is 51.2 Å². The Morgan fingerprint density at radius 1 is 1.60 bits per heavy atom. The van der Waals surface area contributed by atoms with E-state index in [0.29, 0.717) is 6.54 Å². The SMILES string of the molecule is CC(O)CCCNC(=O)[C@@H]1CCCCN1. The molecule has 0 aromatic rings. The number of hydrogen-bond acceptors (Lipinski definition) is 3. The van der Waals surface area contributed by atoms with E-state index in [9.17, 15) is 4.79 Å². The molecule has 1 aliphatic heterocycles. The molecule has 1 amide bonds. The molecule has 1 fully saturated rings. The zero-order valence-electron chi connectivity index (χ0n) is 9.46. The molecule has 4 nitrogen and oxygen atoms in total. The fourth-order valence-corrected chi connectivity index (χ4v) is 1.81. The van der Waals surface area contributed by atoms with E-state index in [4.69, 9.17) is 5.11 Å². The van der Waals surface area contributed by atoms with Gasteiger partial charge in [-0.15, -0.1) is 0 Å². The fraction of sp³-hybridized carbons (Fsp3) is 0.909. The molecule has 0 saturated carbocycles. The van der Waals surface area contributed by atoms with E-state index in [0.717, 1.165) is 32.2 Å². The maximum atomic E-state index is 11.6. The second kappa shape index (κ2) is 6.80. The molecule has 0 radical (unpaired) electrons. The van der Waals surface area contributed by atoms with Crippen LogP contribution in [0.25, 0.3) is 0 Å². The van der Waals surface area contributed by atoms with Gasteiger partial charge in [-0.3, -0.25) is 4.79 Å². The molecule has 3 N–H and O–H groups in total. The number of carbonyl (C=O) groups excluding carboxylic acids is 1. The van der Waals surface area contributed by atoms with E-state index in [1.54, 1.807) is 6.92 Å². The molecule has 0 bridgehead atoms. The summed E-state index contributed by atoms with van der Waals surface area (Å²) in [6, 6.07) is 0.00491. The van der Waals surface area contributed by atoms with Gasteiger partial charge in [0.2, 0.25) is 5.91 Å². The Hall–Kier alpha value is -0.610. The first-order chi connectivity index (χ1) is 7.20. The van der Waals surface area contributed by atoms with Crippen LogP contribution < -0.4 is 10.6 Å². The summed E-state index contributed by atoms with van der Waals surface area (Å²) in [6.07, 6.45) is 4.58. The minimum atomic E-state index is -0.269. The van der Waals surface area contributed by atoms with Crippen molar-refractivity contribution >= 4 is 5.91 Å². The molecule has 1 heterocycles. The van der Waals surface area contributed by atoms with Crippen molar-refractivity contribution in [3.05, 3.63) is 0 Å². The zero-order chi connectivity index (χ0) is 11.1. The number of nitrogens with one attached hydrogen (secondary N) is 2. The average Bonchev–Trinajstić information content (AvgIpc) is 2.25. The largest absolute Gasteiger partial charge is 0.393 e. The van der Waals surface area contributed by atoms with Crippen molar-refractivity contribution in [2.24, 2.45) is 0 Å². The summed E-state index contributed by atoms with van der Waals surface area (Å²) in [5.41, 5.74) is 0. The summed E-state index contributed by atoms with van der Waals surface area (Å²) < 4.78 is 0. The highest BCUT2D eigenvalue weighted by Crippen LogP contribution is 2.06. The van der Waals surface area contributed by atoms with Crippen LogP contribution in [0.15, 0.2) is 0 Å². The lowest BCUT2D eigenvalue weighted by Crippen LogP contribution is -2.46. The van der Waals surface area contributed by atoms with Crippen LogP contribution in [-0.2, 0) is 4.79 Å². The molecule has 0 aromatic heterocycles. The van der Waals surface area contributed by atoms with Gasteiger partial charge in [0, 0.05) is 6.54 Å². The van der Waals surface area contributed by atoms with Gasteiger partial charge in [-0.25, -0.2) is 0 Å². The van der Waals surface area contributed by atoms with Crippen molar-refractivity contribution in [3.8, 4) is 0 Å². The van der Waals surface area contributed by atoms with Gasteiger partial charge < -0.3 is 15.7 Å². The van der Waals surface area contributed by atoms with E-state index in [2.05, 4.69) is 10.6 Å². The fourth-order valence-electron chi connectivity index (χ4n) is 1.81. The number of amides is 1. The third-order valence-corrected chi connectivity index (χ3v) is 2.72. The predicted octanol–water partition coefficient (Wildman–Crippen LogP) is 0.406. The Labute approximate surface area is 91.4 Å². The summed E-state index contributed by atoms with van der Waals surface area (Å²) in [5, 5.41) is 15.1. The normalized spacial score (nSPS) is 23.5. The quantitative estimate of drug-likeness (QED) is 0.581. The number of hydrogen-bond donors (Lipinski definition) is 3. The molecule has 4 heteroatoms. The van der Waals surface area contributed by atoms with Gasteiger partial charge in [0.15, 0.2) is 0 Å². The molecule has 1 saturated heterocycles. The Morgan fingerprint density at radius 2 is 2.40 bits per heavy atom. The minimum Gasteiger partial charge on any atom is -0.393 e. The standard InChI is InChI=1S/C11H22N2O2/c1-9(14)5-4-8-13-11(15)10-6-2-3-7-12-10/h9-10,12,14H,2-8H2,1H3,(H,13,15)/t9?,10-/m0/s1. The van der Waals surface area contributed by atoms with Crippen molar-refractivity contribution in [3.63, 3.8) is 0 Å². The molecular weight excluding hydrogens is 192 g/mol. The van der Waals surface area contributed by atoms with Gasteiger partial charge in [0.1, 0.15) is 0 Å². The summed E-state index contributed by atoms with van der Waals surface area (Å²) in [4.78, 5) is 11.6. The minimum absolute atomic E-state index is 0.00491. The Balaban J connectivity index is 2.07. The molecule has 88 valence electrons. The second-order valence-electron chi connectivity index (χ2n) is 4.28. The van der Waals surface area contributed by atoms with Crippen LogP contribution in [0.5, 0.6) is 0 Å². The van der Waals surface area contributed by atoms with Gasteiger partial charge >= 0.3 is 0 Å². The topological polar surface area (TPSA) is 61.4 Å². The molecule has 0 aromatic carbocycles. The van der Waals surface area contributed by atoms with Gasteiger partial charge in [-0.1, -0.05) is 6.42 Å². The van der Waals surface area contributed by atoms with Crippen LogP contribution in [0.3, 0.4) is 0 Å². The molecule has 15 heavy (non-hydrogen) atoms. The van der Waals surface area contributed by atoms with E-state index < -0.39 is 0 Å². The van der Waals surface area contributed by atoms with Crippen LogP contribution in [0.2, 0.25) is 0 Å². The summed E-state index contributed by atoms with van der Waals surface area (Å²) >= 11 is 0. The Kier molecular flexibility index (Phi) is 5.65. The van der Waals surface area contributed by atoms with Gasteiger partial charge in [-0.2, -0.15) is 0 Å². The number of piperidine rings is 1. The Bertz CT molecular complexity index is 189. The highest BCUT2D eigenvalue weighted by atomic mass is 16.3. The van der Waals surface area contributed by atoms with E-state index >= 15 is 0 Å². The first kappa shape index (κ1) is 12.5. The number of rotatable bonds is 5. The van der Waals surface area contributed by atoms with Crippen LogP contribution in [0.4, 0.5) is 0 Å². The van der Waals surface area contributed by atoms with Gasteiger partial charge in [-0.05, 0) is 39.2 Å². The Morgan fingerprint density at radius 3 is 3.00 bits per heavy atom. The van der Waals surface area contributed by atoms with Gasteiger partial charge in [0.05, 0.1) is 12.1 Å². The molecule has 1 aliphatic rings. The van der Waals surface area contributed by atoms with Crippen LogP contribution >= 0.6 is 0 Å². The van der Waals surface area contributed by atoms with Gasteiger partial charge in [0.25, 0.3) is 0 Å². The predicted molar refractivity (Wildman–Crippen MR) is 59.6 cm³/mol. The van der Waals surface area contributed by atoms with Crippen LogP contribution in [0.1, 0.15) is 39.0 Å². The maximum absolute atomic E-state index is 11.6. The van der Waals surface area contributed by atoms with Crippen molar-refractivity contribution in [2.75, 3.05) is 13.1 Å². The first-order valence-corrected chi connectivity index (χ1v) is 5.89. The third-order valence-electron chi connectivity index (χ3n) is 2.72. The van der Waals surface area contributed by atoms with Crippen molar-refractivity contribution < 1.29 is 9.90 Å². The molecule has 2 atom stereocenters. The monoisotopic (exact) mass is 214 g/mol. The lowest BCUT2D eigenvalue weighted by Gasteiger charge is -2.22. The lowest BCUT2D eigenvalue weighted by molar-refractivity contribution is -0.123. The van der Waals surface area contributed by atoms with Crippen LogP contribution in [-0.4, -0.2) is 36.2 Å². The maximum Gasteiger partial charge on any atom is 0.237 e.